The smallest absolute Gasteiger partial charge is 0.252 e. The van der Waals surface area contributed by atoms with Crippen molar-refractivity contribution in [3.63, 3.8) is 0 Å². The highest BCUT2D eigenvalue weighted by atomic mass is 35.5. The van der Waals surface area contributed by atoms with Gasteiger partial charge in [-0.1, -0.05) is 13.8 Å². The normalized spacial score (nSPS) is 11.3. The predicted octanol–water partition coefficient (Wildman–Crippen LogP) is 1.34. The van der Waals surface area contributed by atoms with Gasteiger partial charge in [0.25, 0.3) is 5.91 Å². The van der Waals surface area contributed by atoms with Crippen molar-refractivity contribution in [1.82, 2.24) is 10.6 Å². The maximum Gasteiger partial charge on any atom is 0.252 e. The van der Waals surface area contributed by atoms with Gasteiger partial charge in [0.05, 0.1) is 14.2 Å². The van der Waals surface area contributed by atoms with Crippen LogP contribution in [-0.2, 0) is 4.79 Å². The summed E-state index contributed by atoms with van der Waals surface area (Å²) in [7, 11) is 3.02. The monoisotopic (exact) mass is 373 g/mol. The molecule has 142 valence electrons. The summed E-state index contributed by atoms with van der Waals surface area (Å²) in [6.45, 7) is 4.74. The Labute approximate surface area is 155 Å². The van der Waals surface area contributed by atoms with Crippen LogP contribution in [0.3, 0.4) is 0 Å². The van der Waals surface area contributed by atoms with Crippen molar-refractivity contribution in [3.05, 3.63) is 23.8 Å². The molecule has 0 bridgehead atoms. The molecular formula is C17H28ClN3O4. The average molecular weight is 374 g/mol. The second kappa shape index (κ2) is 11.5. The van der Waals surface area contributed by atoms with Gasteiger partial charge < -0.3 is 25.8 Å². The molecule has 7 nitrogen and oxygen atoms in total. The number of ether oxygens (including phenoxy) is 2. The molecule has 25 heavy (non-hydrogen) atoms. The molecular weight excluding hydrogens is 346 g/mol. The summed E-state index contributed by atoms with van der Waals surface area (Å²) >= 11 is 0. The van der Waals surface area contributed by atoms with Crippen molar-refractivity contribution in [2.24, 2.45) is 11.7 Å². The summed E-state index contributed by atoms with van der Waals surface area (Å²) in [4.78, 5) is 24.8. The third kappa shape index (κ3) is 7.19. The van der Waals surface area contributed by atoms with Crippen molar-refractivity contribution in [2.45, 2.75) is 26.3 Å². The molecule has 2 amide bonds. The van der Waals surface area contributed by atoms with E-state index in [2.05, 4.69) is 10.6 Å². The first-order valence-corrected chi connectivity index (χ1v) is 7.94. The molecule has 4 N–H and O–H groups in total. The summed E-state index contributed by atoms with van der Waals surface area (Å²) in [5.74, 6) is 0.377. The zero-order valence-electron chi connectivity index (χ0n) is 15.1. The van der Waals surface area contributed by atoms with E-state index in [0.29, 0.717) is 36.6 Å². The summed E-state index contributed by atoms with van der Waals surface area (Å²) in [5, 5.41) is 5.55. The van der Waals surface area contributed by atoms with Gasteiger partial charge in [-0.15, -0.1) is 12.4 Å². The Hall–Kier alpha value is -1.99. The van der Waals surface area contributed by atoms with Crippen LogP contribution in [0.4, 0.5) is 0 Å². The highest BCUT2D eigenvalue weighted by molar-refractivity contribution is 5.98. The van der Waals surface area contributed by atoms with Gasteiger partial charge in [0.15, 0.2) is 0 Å². The largest absolute Gasteiger partial charge is 0.497 e. The lowest BCUT2D eigenvalue weighted by atomic mass is 10.0. The van der Waals surface area contributed by atoms with Crippen molar-refractivity contribution < 1.29 is 19.1 Å². The number of nitrogens with two attached hydrogens (primary N) is 1. The van der Waals surface area contributed by atoms with Gasteiger partial charge in [0.1, 0.15) is 17.5 Å². The number of halogens is 1. The highest BCUT2D eigenvalue weighted by Gasteiger charge is 2.24. The minimum atomic E-state index is -0.632. The van der Waals surface area contributed by atoms with Crippen molar-refractivity contribution in [3.8, 4) is 11.5 Å². The summed E-state index contributed by atoms with van der Waals surface area (Å²) in [6, 6.07) is 4.24. The number of carbonyl (C=O) groups is 2. The van der Waals surface area contributed by atoms with Crippen LogP contribution in [0.1, 0.15) is 30.6 Å². The van der Waals surface area contributed by atoms with Crippen molar-refractivity contribution in [2.75, 3.05) is 27.3 Å². The Balaban J connectivity index is 0.00000576. The average Bonchev–Trinajstić information content (AvgIpc) is 2.58. The molecule has 1 atom stereocenters. The maximum absolute atomic E-state index is 12.5. The zero-order valence-corrected chi connectivity index (χ0v) is 15.9. The van der Waals surface area contributed by atoms with Crippen LogP contribution in [0.2, 0.25) is 0 Å². The summed E-state index contributed by atoms with van der Waals surface area (Å²) < 4.78 is 10.3. The number of amides is 2. The van der Waals surface area contributed by atoms with E-state index in [9.17, 15) is 9.59 Å². The van der Waals surface area contributed by atoms with Gasteiger partial charge in [0, 0.05) is 18.2 Å². The number of nitrogens with one attached hydrogen (secondary N) is 2. The van der Waals surface area contributed by atoms with Crippen LogP contribution in [0.15, 0.2) is 18.2 Å². The zero-order chi connectivity index (χ0) is 18.1. The Morgan fingerprint density at radius 1 is 1.12 bits per heavy atom. The fourth-order valence-electron chi connectivity index (χ4n) is 2.12. The second-order valence-electron chi connectivity index (χ2n) is 5.73. The minimum absolute atomic E-state index is 0. The molecule has 0 saturated carbocycles. The Morgan fingerprint density at radius 3 is 2.12 bits per heavy atom. The van der Waals surface area contributed by atoms with Crippen LogP contribution in [-0.4, -0.2) is 45.2 Å². The first-order valence-electron chi connectivity index (χ1n) is 7.94. The van der Waals surface area contributed by atoms with Crippen molar-refractivity contribution >= 4 is 24.2 Å². The van der Waals surface area contributed by atoms with Gasteiger partial charge in [-0.3, -0.25) is 9.59 Å². The number of hydrogen-bond acceptors (Lipinski definition) is 5. The third-order valence-electron chi connectivity index (χ3n) is 3.53. The Kier molecular flexibility index (Phi) is 10.6. The van der Waals surface area contributed by atoms with Crippen LogP contribution in [0, 0.1) is 5.92 Å². The predicted molar refractivity (Wildman–Crippen MR) is 99.6 cm³/mol. The van der Waals surface area contributed by atoms with Gasteiger partial charge in [-0.05, 0) is 31.0 Å². The molecule has 0 aliphatic rings. The topological polar surface area (TPSA) is 103 Å². The van der Waals surface area contributed by atoms with Gasteiger partial charge >= 0.3 is 0 Å². The summed E-state index contributed by atoms with van der Waals surface area (Å²) in [6.07, 6.45) is 0.692. The van der Waals surface area contributed by atoms with E-state index < -0.39 is 6.04 Å². The molecule has 0 aliphatic heterocycles. The molecule has 1 unspecified atom stereocenters. The lowest BCUT2D eigenvalue weighted by Gasteiger charge is -2.22. The van der Waals surface area contributed by atoms with Gasteiger partial charge in [-0.25, -0.2) is 0 Å². The van der Waals surface area contributed by atoms with E-state index >= 15 is 0 Å². The minimum Gasteiger partial charge on any atom is -0.497 e. The molecule has 1 aromatic rings. The van der Waals surface area contributed by atoms with E-state index in [1.165, 1.54) is 14.2 Å². The molecule has 1 rings (SSSR count). The standard InChI is InChI=1S/C17H27N3O4.ClH/c1-11(2)15(17(22)19-7-5-6-18)20-16(21)12-8-13(23-3)10-14(9-12)24-4;/h8-11,15H,5-7,18H2,1-4H3,(H,19,22)(H,20,21);1H. The molecule has 1 aromatic carbocycles. The lowest BCUT2D eigenvalue weighted by Crippen LogP contribution is -2.50. The number of rotatable bonds is 9. The lowest BCUT2D eigenvalue weighted by molar-refractivity contribution is -0.123. The second-order valence-corrected chi connectivity index (χ2v) is 5.73. The highest BCUT2D eigenvalue weighted by Crippen LogP contribution is 2.22. The SMILES string of the molecule is COc1cc(OC)cc(C(=O)NC(C(=O)NCCCN)C(C)C)c1.Cl. The molecule has 0 aromatic heterocycles. The molecule has 0 heterocycles. The van der Waals surface area contributed by atoms with E-state index in [4.69, 9.17) is 15.2 Å². The molecule has 0 fully saturated rings. The van der Waals surface area contributed by atoms with Crippen LogP contribution in [0.25, 0.3) is 0 Å². The third-order valence-corrected chi connectivity index (χ3v) is 3.53. The molecule has 0 spiro atoms. The van der Waals surface area contributed by atoms with E-state index in [-0.39, 0.29) is 30.1 Å². The van der Waals surface area contributed by atoms with E-state index in [0.717, 1.165) is 0 Å². The number of benzene rings is 1. The summed E-state index contributed by atoms with van der Waals surface area (Å²) in [5.41, 5.74) is 5.78. The van der Waals surface area contributed by atoms with Crippen LogP contribution >= 0.6 is 12.4 Å². The maximum atomic E-state index is 12.5. The number of hydrogen-bond donors (Lipinski definition) is 3. The first kappa shape index (κ1) is 23.0. The first-order chi connectivity index (χ1) is 11.4. The molecule has 8 heteroatoms. The van der Waals surface area contributed by atoms with Crippen LogP contribution in [0.5, 0.6) is 11.5 Å². The van der Waals surface area contributed by atoms with Gasteiger partial charge in [0.2, 0.25) is 5.91 Å². The molecule has 0 saturated heterocycles. The Morgan fingerprint density at radius 2 is 1.68 bits per heavy atom. The van der Waals surface area contributed by atoms with E-state index in [1.54, 1.807) is 18.2 Å². The van der Waals surface area contributed by atoms with Crippen molar-refractivity contribution in [1.29, 1.82) is 0 Å². The molecule has 0 radical (unpaired) electrons. The quantitative estimate of drug-likeness (QED) is 0.567. The Bertz CT molecular complexity index is 545. The van der Waals surface area contributed by atoms with Crippen LogP contribution < -0.4 is 25.8 Å². The van der Waals surface area contributed by atoms with E-state index in [1.807, 2.05) is 13.8 Å². The van der Waals surface area contributed by atoms with Gasteiger partial charge in [-0.2, -0.15) is 0 Å². The number of methoxy groups -OCH3 is 2. The fraction of sp³-hybridized carbons (Fsp3) is 0.529. The fourth-order valence-corrected chi connectivity index (χ4v) is 2.12. The molecule has 0 aliphatic carbocycles. The number of carbonyl (C=O) groups excluding carboxylic acids is 2.